The summed E-state index contributed by atoms with van der Waals surface area (Å²) in [6, 6.07) is 3.98. The largest absolute Gasteiger partial charge is 0.479 e. The molecule has 4 nitrogen and oxygen atoms in total. The first-order valence-corrected chi connectivity index (χ1v) is 10.9. The maximum atomic E-state index is 12.3. The number of rotatable bonds is 5. The first-order chi connectivity index (χ1) is 13.5. The number of hydrogen-bond donors (Lipinski definition) is 1. The molecule has 0 aromatic carbocycles. The van der Waals surface area contributed by atoms with Gasteiger partial charge in [0.2, 0.25) is 0 Å². The lowest BCUT2D eigenvalue weighted by molar-refractivity contribution is -0.160. The Kier molecular flexibility index (Phi) is 6.02. The van der Waals surface area contributed by atoms with Gasteiger partial charge in [-0.25, -0.2) is 4.79 Å². The molecule has 2 heterocycles. The van der Waals surface area contributed by atoms with Gasteiger partial charge in [0.25, 0.3) is 0 Å². The summed E-state index contributed by atoms with van der Waals surface area (Å²) in [6.45, 7) is 12.3. The summed E-state index contributed by atoms with van der Waals surface area (Å²) >= 11 is 1.65. The second-order valence-corrected chi connectivity index (χ2v) is 10.8. The van der Waals surface area contributed by atoms with Crippen LogP contribution < -0.4 is 0 Å². The minimum atomic E-state index is -0.993. The molecule has 3 rings (SSSR count). The van der Waals surface area contributed by atoms with E-state index in [1.165, 1.54) is 5.57 Å². The van der Waals surface area contributed by atoms with E-state index in [0.717, 1.165) is 45.7 Å². The average Bonchev–Trinajstić information content (AvgIpc) is 2.96. The SMILES string of the molecule is Cc1sc(-c2ccncc2)c(C2=CCC(C)(C)CC2)c1C(OC(C)(C)C)C(=O)O. The van der Waals surface area contributed by atoms with E-state index in [9.17, 15) is 9.90 Å². The van der Waals surface area contributed by atoms with Crippen LogP contribution >= 0.6 is 11.3 Å². The monoisotopic (exact) mass is 413 g/mol. The van der Waals surface area contributed by atoms with Crippen molar-refractivity contribution in [1.82, 2.24) is 4.98 Å². The van der Waals surface area contributed by atoms with Gasteiger partial charge in [-0.3, -0.25) is 4.98 Å². The Morgan fingerprint density at radius 1 is 1.28 bits per heavy atom. The first kappa shape index (κ1) is 21.7. The number of carboxylic acid groups (broad SMARTS) is 1. The smallest absolute Gasteiger partial charge is 0.337 e. The van der Waals surface area contributed by atoms with Crippen LogP contribution in [0, 0.1) is 12.3 Å². The fourth-order valence-electron chi connectivity index (χ4n) is 3.79. The molecular weight excluding hydrogens is 382 g/mol. The second kappa shape index (κ2) is 8.04. The molecule has 0 radical (unpaired) electrons. The zero-order chi connectivity index (χ0) is 21.4. The normalized spacial score (nSPS) is 17.7. The molecule has 0 saturated carbocycles. The summed E-state index contributed by atoms with van der Waals surface area (Å²) in [5.41, 5.74) is 3.87. The van der Waals surface area contributed by atoms with Gasteiger partial charge >= 0.3 is 5.97 Å². The van der Waals surface area contributed by atoms with E-state index in [1.807, 2.05) is 39.8 Å². The summed E-state index contributed by atoms with van der Waals surface area (Å²) in [4.78, 5) is 18.5. The number of aromatic nitrogens is 1. The lowest BCUT2D eigenvalue weighted by Crippen LogP contribution is -2.28. The van der Waals surface area contributed by atoms with Crippen molar-refractivity contribution in [2.75, 3.05) is 0 Å². The third kappa shape index (κ3) is 4.96. The van der Waals surface area contributed by atoms with Crippen molar-refractivity contribution in [3.63, 3.8) is 0 Å². The Morgan fingerprint density at radius 2 is 1.93 bits per heavy atom. The molecule has 1 atom stereocenters. The molecule has 0 saturated heterocycles. The highest BCUT2D eigenvalue weighted by molar-refractivity contribution is 7.16. The molecule has 0 bridgehead atoms. The predicted octanol–water partition coefficient (Wildman–Crippen LogP) is 6.65. The summed E-state index contributed by atoms with van der Waals surface area (Å²) in [6.07, 6.45) is 7.89. The highest BCUT2D eigenvalue weighted by Gasteiger charge is 2.35. The summed E-state index contributed by atoms with van der Waals surface area (Å²) in [5.74, 6) is -0.944. The minimum Gasteiger partial charge on any atom is -0.479 e. The van der Waals surface area contributed by atoms with Crippen LogP contribution in [0.25, 0.3) is 16.0 Å². The predicted molar refractivity (Wildman–Crippen MR) is 119 cm³/mol. The zero-order valence-corrected chi connectivity index (χ0v) is 19.0. The standard InChI is InChI=1S/C24H31NO3S/c1-15-18(20(22(26)27)28-23(2,3)4)19(16-7-11-24(5,6)12-8-16)21(29-15)17-9-13-25-14-10-17/h7,9-10,13-14,20H,8,11-12H2,1-6H3,(H,26,27). The van der Waals surface area contributed by atoms with E-state index in [-0.39, 0.29) is 5.41 Å². The number of ether oxygens (including phenoxy) is 1. The van der Waals surface area contributed by atoms with Gasteiger partial charge in [-0.05, 0) is 75.6 Å². The fourth-order valence-corrected chi connectivity index (χ4v) is 5.01. The van der Waals surface area contributed by atoms with Crippen LogP contribution in [0.5, 0.6) is 0 Å². The molecule has 0 spiro atoms. The van der Waals surface area contributed by atoms with Gasteiger partial charge in [0.15, 0.2) is 6.10 Å². The summed E-state index contributed by atoms with van der Waals surface area (Å²) in [7, 11) is 0. The molecule has 0 fully saturated rings. The van der Waals surface area contributed by atoms with E-state index in [2.05, 4.69) is 24.9 Å². The van der Waals surface area contributed by atoms with Gasteiger partial charge in [0, 0.05) is 33.3 Å². The average molecular weight is 414 g/mol. The Morgan fingerprint density at radius 3 is 2.45 bits per heavy atom. The third-order valence-electron chi connectivity index (χ3n) is 5.32. The van der Waals surface area contributed by atoms with Crippen LogP contribution in [0.15, 0.2) is 30.6 Å². The highest BCUT2D eigenvalue weighted by atomic mass is 32.1. The molecule has 1 unspecified atom stereocenters. The molecule has 1 aliphatic rings. The van der Waals surface area contributed by atoms with Crippen LogP contribution in [0.2, 0.25) is 0 Å². The van der Waals surface area contributed by atoms with Crippen molar-refractivity contribution >= 4 is 22.9 Å². The maximum absolute atomic E-state index is 12.3. The first-order valence-electron chi connectivity index (χ1n) is 10.1. The Hall–Kier alpha value is -1.98. The van der Waals surface area contributed by atoms with Gasteiger partial charge in [-0.15, -0.1) is 11.3 Å². The molecule has 29 heavy (non-hydrogen) atoms. The molecule has 1 N–H and O–H groups in total. The number of pyridine rings is 1. The van der Waals surface area contributed by atoms with E-state index in [0.29, 0.717) is 0 Å². The van der Waals surface area contributed by atoms with Crippen LogP contribution in [-0.2, 0) is 9.53 Å². The fraction of sp³-hybridized carbons (Fsp3) is 0.500. The van der Waals surface area contributed by atoms with Gasteiger partial charge in [0.1, 0.15) is 0 Å². The number of allylic oxidation sites excluding steroid dienone is 2. The van der Waals surface area contributed by atoms with Crippen molar-refractivity contribution in [3.05, 3.63) is 46.6 Å². The number of aryl methyl sites for hydroxylation is 1. The maximum Gasteiger partial charge on any atom is 0.337 e. The number of thiophene rings is 1. The van der Waals surface area contributed by atoms with Gasteiger partial charge in [-0.2, -0.15) is 0 Å². The molecule has 5 heteroatoms. The quantitative estimate of drug-likeness (QED) is 0.596. The van der Waals surface area contributed by atoms with Crippen LogP contribution in [0.1, 0.15) is 76.0 Å². The lowest BCUT2D eigenvalue weighted by Gasteiger charge is -2.30. The summed E-state index contributed by atoms with van der Waals surface area (Å²) < 4.78 is 6.06. The lowest BCUT2D eigenvalue weighted by atomic mass is 9.76. The number of carboxylic acids is 1. The topological polar surface area (TPSA) is 59.4 Å². The Bertz CT molecular complexity index is 920. The third-order valence-corrected chi connectivity index (χ3v) is 6.49. The van der Waals surface area contributed by atoms with Crippen molar-refractivity contribution < 1.29 is 14.6 Å². The number of hydrogen-bond acceptors (Lipinski definition) is 4. The molecule has 2 aromatic rings. The van der Waals surface area contributed by atoms with Gasteiger partial charge in [0.05, 0.1) is 5.60 Å². The molecule has 156 valence electrons. The summed E-state index contributed by atoms with van der Waals surface area (Å²) in [5, 5.41) is 10.1. The molecular formula is C24H31NO3S. The van der Waals surface area contributed by atoms with Crippen LogP contribution in [0.4, 0.5) is 0 Å². The number of aliphatic carboxylic acids is 1. The molecule has 2 aromatic heterocycles. The molecule has 0 aliphatic heterocycles. The number of carbonyl (C=O) groups is 1. The Labute approximate surface area is 177 Å². The Balaban J connectivity index is 2.22. The molecule has 0 amide bonds. The van der Waals surface area contributed by atoms with E-state index >= 15 is 0 Å². The van der Waals surface area contributed by atoms with E-state index < -0.39 is 17.7 Å². The second-order valence-electron chi connectivity index (χ2n) is 9.56. The van der Waals surface area contributed by atoms with Crippen LogP contribution in [0.3, 0.4) is 0 Å². The van der Waals surface area contributed by atoms with Crippen molar-refractivity contribution in [2.45, 2.75) is 72.5 Å². The van der Waals surface area contributed by atoms with E-state index in [1.54, 1.807) is 23.7 Å². The van der Waals surface area contributed by atoms with Crippen molar-refractivity contribution in [1.29, 1.82) is 0 Å². The minimum absolute atomic E-state index is 0.277. The highest BCUT2D eigenvalue weighted by Crippen LogP contribution is 2.48. The number of nitrogens with zero attached hydrogens (tertiary/aromatic N) is 1. The zero-order valence-electron chi connectivity index (χ0n) is 18.2. The van der Waals surface area contributed by atoms with Crippen molar-refractivity contribution in [2.24, 2.45) is 5.41 Å². The molecule has 1 aliphatic carbocycles. The van der Waals surface area contributed by atoms with E-state index in [4.69, 9.17) is 4.74 Å². The van der Waals surface area contributed by atoms with Gasteiger partial charge < -0.3 is 9.84 Å². The van der Waals surface area contributed by atoms with Gasteiger partial charge in [-0.1, -0.05) is 19.9 Å². The van der Waals surface area contributed by atoms with Crippen molar-refractivity contribution in [3.8, 4) is 10.4 Å². The van der Waals surface area contributed by atoms with Crippen LogP contribution in [-0.4, -0.2) is 21.7 Å².